The van der Waals surface area contributed by atoms with Gasteiger partial charge < -0.3 is 4.74 Å². The van der Waals surface area contributed by atoms with E-state index >= 15 is 0 Å². The highest BCUT2D eigenvalue weighted by Crippen LogP contribution is 2.34. The van der Waals surface area contributed by atoms with Gasteiger partial charge in [0.2, 0.25) is 0 Å². The summed E-state index contributed by atoms with van der Waals surface area (Å²) in [6, 6.07) is 6.48. The van der Waals surface area contributed by atoms with Crippen molar-refractivity contribution in [1.29, 1.82) is 0 Å². The highest BCUT2D eigenvalue weighted by molar-refractivity contribution is 5.41. The van der Waals surface area contributed by atoms with E-state index in [-0.39, 0.29) is 0 Å². The monoisotopic (exact) mass is 228 g/mol. The molecule has 1 aliphatic rings. The largest absolute Gasteiger partial charge is 0.497 e. The van der Waals surface area contributed by atoms with Crippen molar-refractivity contribution in [3.05, 3.63) is 53.6 Å². The number of allylic oxidation sites excluding steroid dienone is 4. The second kappa shape index (κ2) is 5.72. The van der Waals surface area contributed by atoms with Crippen molar-refractivity contribution in [2.24, 2.45) is 0 Å². The lowest BCUT2D eigenvalue weighted by Crippen LogP contribution is -2.07. The van der Waals surface area contributed by atoms with Crippen LogP contribution in [-0.2, 0) is 6.42 Å². The Balaban J connectivity index is 2.25. The highest BCUT2D eigenvalue weighted by Gasteiger charge is 2.17. The van der Waals surface area contributed by atoms with E-state index in [1.165, 1.54) is 30.4 Å². The fraction of sp³-hybridized carbons (Fsp3) is 0.375. The molecule has 0 fully saturated rings. The molecule has 17 heavy (non-hydrogen) atoms. The van der Waals surface area contributed by atoms with Gasteiger partial charge in [0.05, 0.1) is 7.11 Å². The van der Waals surface area contributed by atoms with Crippen LogP contribution < -0.4 is 4.74 Å². The molecule has 1 nitrogen and oxygen atoms in total. The number of aryl methyl sites for hydroxylation is 1. The van der Waals surface area contributed by atoms with Crippen LogP contribution in [0.1, 0.15) is 36.8 Å². The predicted octanol–water partition coefficient (Wildman–Crippen LogP) is 4.25. The Morgan fingerprint density at radius 2 is 2.18 bits per heavy atom. The zero-order valence-electron chi connectivity index (χ0n) is 10.6. The molecule has 1 heteroatoms. The van der Waals surface area contributed by atoms with Crippen molar-refractivity contribution >= 4 is 0 Å². The van der Waals surface area contributed by atoms with Gasteiger partial charge in [-0.1, -0.05) is 30.4 Å². The standard InChI is InChI=1S/C16H20O/c1-3-4-5-7-13-8-6-9-14-12-15(17-2)10-11-16(13)14/h3-5,7,10-13H,6,8-9H2,1-2H3/b4-3+,7-5+. The Labute approximate surface area is 104 Å². The molecule has 1 aromatic carbocycles. The molecule has 0 radical (unpaired) electrons. The topological polar surface area (TPSA) is 9.23 Å². The van der Waals surface area contributed by atoms with Crippen molar-refractivity contribution in [2.75, 3.05) is 7.11 Å². The summed E-state index contributed by atoms with van der Waals surface area (Å²) in [5, 5.41) is 0. The quantitative estimate of drug-likeness (QED) is 0.703. The lowest BCUT2D eigenvalue weighted by molar-refractivity contribution is 0.413. The van der Waals surface area contributed by atoms with Crippen LogP contribution in [0, 0.1) is 0 Å². The second-order valence-electron chi connectivity index (χ2n) is 4.47. The molecule has 0 spiro atoms. The molecule has 0 saturated carbocycles. The van der Waals surface area contributed by atoms with Crippen molar-refractivity contribution in [1.82, 2.24) is 0 Å². The minimum Gasteiger partial charge on any atom is -0.497 e. The van der Waals surface area contributed by atoms with Crippen LogP contribution in [0.3, 0.4) is 0 Å². The molecule has 90 valence electrons. The molecule has 0 heterocycles. The number of ether oxygens (including phenoxy) is 1. The molecular weight excluding hydrogens is 208 g/mol. The molecular formula is C16H20O. The number of benzene rings is 1. The molecule has 0 N–H and O–H groups in total. The number of methoxy groups -OCH3 is 1. The van der Waals surface area contributed by atoms with Gasteiger partial charge in [0.1, 0.15) is 5.75 Å². The van der Waals surface area contributed by atoms with E-state index < -0.39 is 0 Å². The molecule has 0 bridgehead atoms. The lowest BCUT2D eigenvalue weighted by Gasteiger charge is -2.23. The Bertz CT molecular complexity index is 429. The van der Waals surface area contributed by atoms with Crippen LogP contribution in [0.4, 0.5) is 0 Å². The third-order valence-electron chi connectivity index (χ3n) is 3.36. The van der Waals surface area contributed by atoms with Crippen molar-refractivity contribution in [2.45, 2.75) is 32.1 Å². The summed E-state index contributed by atoms with van der Waals surface area (Å²) in [5.41, 5.74) is 2.92. The maximum Gasteiger partial charge on any atom is 0.119 e. The number of fused-ring (bicyclic) bond motifs is 1. The summed E-state index contributed by atoms with van der Waals surface area (Å²) in [7, 11) is 1.73. The number of rotatable bonds is 3. The van der Waals surface area contributed by atoms with Crippen LogP contribution in [0.15, 0.2) is 42.5 Å². The zero-order chi connectivity index (χ0) is 12.1. The normalized spacial score (nSPS) is 19.8. The summed E-state index contributed by atoms with van der Waals surface area (Å²) >= 11 is 0. The summed E-state index contributed by atoms with van der Waals surface area (Å²) in [4.78, 5) is 0. The van der Waals surface area contributed by atoms with E-state index in [9.17, 15) is 0 Å². The molecule has 2 rings (SSSR count). The third-order valence-corrected chi connectivity index (χ3v) is 3.36. The van der Waals surface area contributed by atoms with Gasteiger partial charge >= 0.3 is 0 Å². The third kappa shape index (κ3) is 2.79. The van der Waals surface area contributed by atoms with Crippen LogP contribution >= 0.6 is 0 Å². The van der Waals surface area contributed by atoms with Gasteiger partial charge in [-0.15, -0.1) is 0 Å². The van der Waals surface area contributed by atoms with Crippen LogP contribution in [0.25, 0.3) is 0 Å². The first-order valence-electron chi connectivity index (χ1n) is 6.31. The van der Waals surface area contributed by atoms with Crippen molar-refractivity contribution < 1.29 is 4.74 Å². The van der Waals surface area contributed by atoms with Gasteiger partial charge in [-0.2, -0.15) is 0 Å². The molecule has 0 amide bonds. The molecule has 1 unspecified atom stereocenters. The van der Waals surface area contributed by atoms with Crippen molar-refractivity contribution in [3.8, 4) is 5.75 Å². The van der Waals surface area contributed by atoms with Gasteiger partial charge in [0.25, 0.3) is 0 Å². The maximum atomic E-state index is 5.28. The second-order valence-corrected chi connectivity index (χ2v) is 4.47. The van der Waals surface area contributed by atoms with E-state index in [1.807, 2.05) is 6.92 Å². The Morgan fingerprint density at radius 1 is 1.29 bits per heavy atom. The Hall–Kier alpha value is -1.50. The van der Waals surface area contributed by atoms with Crippen molar-refractivity contribution in [3.63, 3.8) is 0 Å². The summed E-state index contributed by atoms with van der Waals surface area (Å²) in [5.74, 6) is 1.54. The zero-order valence-corrected chi connectivity index (χ0v) is 10.6. The first-order chi connectivity index (χ1) is 8.35. The molecule has 0 aliphatic heterocycles. The minimum absolute atomic E-state index is 0.570. The Morgan fingerprint density at radius 3 is 2.94 bits per heavy atom. The highest BCUT2D eigenvalue weighted by atomic mass is 16.5. The lowest BCUT2D eigenvalue weighted by atomic mass is 9.82. The van der Waals surface area contributed by atoms with Gasteiger partial charge in [-0.25, -0.2) is 0 Å². The number of hydrogen-bond donors (Lipinski definition) is 0. The van der Waals surface area contributed by atoms with E-state index in [0.717, 1.165) is 5.75 Å². The van der Waals surface area contributed by atoms with Gasteiger partial charge in [-0.3, -0.25) is 0 Å². The first kappa shape index (κ1) is 12.0. The molecule has 0 aromatic heterocycles. The fourth-order valence-corrected chi connectivity index (χ4v) is 2.46. The average molecular weight is 228 g/mol. The molecule has 0 saturated heterocycles. The Kier molecular flexibility index (Phi) is 4.03. The van der Waals surface area contributed by atoms with E-state index in [4.69, 9.17) is 4.74 Å². The SMILES string of the molecule is C/C=C/C=C/C1CCCc2cc(OC)ccc21. The molecule has 1 atom stereocenters. The first-order valence-corrected chi connectivity index (χ1v) is 6.31. The molecule has 1 aliphatic carbocycles. The van der Waals surface area contributed by atoms with Crippen LogP contribution in [0.5, 0.6) is 5.75 Å². The van der Waals surface area contributed by atoms with Gasteiger partial charge in [-0.05, 0) is 49.4 Å². The van der Waals surface area contributed by atoms with Crippen LogP contribution in [-0.4, -0.2) is 7.11 Å². The van der Waals surface area contributed by atoms with E-state index in [2.05, 4.69) is 42.5 Å². The van der Waals surface area contributed by atoms with Crippen LogP contribution in [0.2, 0.25) is 0 Å². The summed E-state index contributed by atoms with van der Waals surface area (Å²) < 4.78 is 5.28. The maximum absolute atomic E-state index is 5.28. The molecule has 1 aromatic rings. The fourth-order valence-electron chi connectivity index (χ4n) is 2.46. The number of hydrogen-bond acceptors (Lipinski definition) is 1. The van der Waals surface area contributed by atoms with Gasteiger partial charge in [0, 0.05) is 5.92 Å². The summed E-state index contributed by atoms with van der Waals surface area (Å²) in [6.45, 7) is 2.05. The average Bonchev–Trinajstić information content (AvgIpc) is 2.38. The smallest absolute Gasteiger partial charge is 0.119 e. The summed E-state index contributed by atoms with van der Waals surface area (Å²) in [6.07, 6.45) is 12.3. The predicted molar refractivity (Wildman–Crippen MR) is 72.6 cm³/mol. The van der Waals surface area contributed by atoms with Gasteiger partial charge in [0.15, 0.2) is 0 Å². The minimum atomic E-state index is 0.570. The van der Waals surface area contributed by atoms with E-state index in [0.29, 0.717) is 5.92 Å². The van der Waals surface area contributed by atoms with E-state index in [1.54, 1.807) is 7.11 Å².